The highest BCUT2D eigenvalue weighted by atomic mass is 35.5. The summed E-state index contributed by atoms with van der Waals surface area (Å²) in [5, 5.41) is 20.4. The Morgan fingerprint density at radius 1 is 1.00 bits per heavy atom. The minimum absolute atomic E-state index is 0.0111. The monoisotopic (exact) mass is 420 g/mol. The molecule has 1 fully saturated rings. The number of carboxylic acids is 1. The summed E-state index contributed by atoms with van der Waals surface area (Å²) < 4.78 is 0. The van der Waals surface area contributed by atoms with Gasteiger partial charge in [0.15, 0.2) is 0 Å². The number of carbonyl (C=O) groups is 1. The summed E-state index contributed by atoms with van der Waals surface area (Å²) in [4.78, 5) is 10.5. The number of alkyl halides is 1. The van der Waals surface area contributed by atoms with Gasteiger partial charge in [-0.2, -0.15) is 0 Å². The summed E-state index contributed by atoms with van der Waals surface area (Å²) in [5.74, 6) is -0.235. The molecule has 26 heavy (non-hydrogen) atoms. The third kappa shape index (κ3) is 6.92. The van der Waals surface area contributed by atoms with Crippen molar-refractivity contribution < 1.29 is 15.0 Å². The van der Waals surface area contributed by atoms with E-state index in [9.17, 15) is 9.90 Å². The Balaban J connectivity index is 1.81. The van der Waals surface area contributed by atoms with Crippen LogP contribution in [-0.4, -0.2) is 27.7 Å². The van der Waals surface area contributed by atoms with Gasteiger partial charge in [-0.15, -0.1) is 11.6 Å². The zero-order valence-corrected chi connectivity index (χ0v) is 17.1. The van der Waals surface area contributed by atoms with E-state index < -0.39 is 5.97 Å². The first-order valence-electron chi connectivity index (χ1n) is 9.35. The van der Waals surface area contributed by atoms with Crippen LogP contribution in [0.25, 0.3) is 0 Å². The maximum Gasteiger partial charge on any atom is 0.303 e. The quantitative estimate of drug-likeness (QED) is 0.362. The second kappa shape index (κ2) is 10.8. The van der Waals surface area contributed by atoms with Crippen LogP contribution in [0.3, 0.4) is 0 Å². The van der Waals surface area contributed by atoms with Crippen LogP contribution < -0.4 is 0 Å². The van der Waals surface area contributed by atoms with Gasteiger partial charge in [0.05, 0.1) is 6.10 Å². The Labute approximate surface area is 170 Å². The van der Waals surface area contributed by atoms with Crippen molar-refractivity contribution in [3.05, 3.63) is 33.8 Å². The minimum Gasteiger partial charge on any atom is -0.481 e. The maximum absolute atomic E-state index is 10.5. The van der Waals surface area contributed by atoms with Crippen molar-refractivity contribution >= 4 is 40.8 Å². The second-order valence-electron chi connectivity index (χ2n) is 7.31. The van der Waals surface area contributed by atoms with Crippen LogP contribution in [0.5, 0.6) is 0 Å². The number of carboxylic acid groups (broad SMARTS) is 1. The summed E-state index contributed by atoms with van der Waals surface area (Å²) in [6.07, 6.45) is 6.90. The van der Waals surface area contributed by atoms with Gasteiger partial charge in [0.1, 0.15) is 0 Å². The molecule has 1 saturated carbocycles. The van der Waals surface area contributed by atoms with Crippen LogP contribution in [0.2, 0.25) is 10.0 Å². The first kappa shape index (κ1) is 21.8. The van der Waals surface area contributed by atoms with Crippen molar-refractivity contribution in [3.8, 4) is 0 Å². The minimum atomic E-state index is -0.731. The number of halogens is 3. The van der Waals surface area contributed by atoms with E-state index in [1.165, 1.54) is 0 Å². The number of benzene rings is 1. The molecule has 4 atom stereocenters. The lowest BCUT2D eigenvalue weighted by molar-refractivity contribution is -0.137. The lowest BCUT2D eigenvalue weighted by atomic mass is 9.85. The highest BCUT2D eigenvalue weighted by Crippen LogP contribution is 2.41. The number of aliphatic hydroxyl groups excluding tert-OH is 1. The van der Waals surface area contributed by atoms with E-state index in [0.29, 0.717) is 22.4 Å². The molecule has 2 rings (SSSR count). The summed E-state index contributed by atoms with van der Waals surface area (Å²) in [6, 6.07) is 5.56. The Bertz CT molecular complexity index is 573. The molecule has 1 aliphatic carbocycles. The second-order valence-corrected chi connectivity index (χ2v) is 8.74. The van der Waals surface area contributed by atoms with E-state index in [1.807, 2.05) is 12.1 Å². The van der Waals surface area contributed by atoms with Crippen LogP contribution in [0.4, 0.5) is 0 Å². The molecule has 146 valence electrons. The van der Waals surface area contributed by atoms with E-state index in [1.54, 1.807) is 6.07 Å². The standard InChI is InChI=1S/C20H27Cl3O3/c21-14-9-13(10-15(22)11-14)7-8-17-16(18(23)12-19(17)24)5-3-1-2-4-6-20(25)26/h9-11,16-19,24H,1-8,12H2,(H,25,26)/t16-,17?,18?,19-/m1/s1. The predicted octanol–water partition coefficient (Wildman–Crippen LogP) is 5.96. The normalized spacial score (nSPS) is 25.5. The third-order valence-corrected chi connectivity index (χ3v) is 6.28. The fraction of sp³-hybridized carbons (Fsp3) is 0.650. The summed E-state index contributed by atoms with van der Waals surface area (Å²) >= 11 is 18.6. The van der Waals surface area contributed by atoms with Crippen molar-refractivity contribution in [3.63, 3.8) is 0 Å². The predicted molar refractivity (Wildman–Crippen MR) is 107 cm³/mol. The molecule has 0 aliphatic heterocycles. The smallest absolute Gasteiger partial charge is 0.303 e. The number of hydrogen-bond donors (Lipinski definition) is 2. The highest BCUT2D eigenvalue weighted by Gasteiger charge is 2.40. The van der Waals surface area contributed by atoms with Crippen LogP contribution in [0.15, 0.2) is 18.2 Å². The van der Waals surface area contributed by atoms with Gasteiger partial charge in [0.2, 0.25) is 0 Å². The Morgan fingerprint density at radius 3 is 2.31 bits per heavy atom. The van der Waals surface area contributed by atoms with E-state index in [4.69, 9.17) is 39.9 Å². The molecule has 0 heterocycles. The first-order valence-corrected chi connectivity index (χ1v) is 10.5. The topological polar surface area (TPSA) is 57.5 Å². The van der Waals surface area contributed by atoms with Crippen molar-refractivity contribution in [1.82, 2.24) is 0 Å². The van der Waals surface area contributed by atoms with Gasteiger partial charge >= 0.3 is 5.97 Å². The van der Waals surface area contributed by atoms with Crippen LogP contribution >= 0.6 is 34.8 Å². The van der Waals surface area contributed by atoms with Gasteiger partial charge < -0.3 is 10.2 Å². The van der Waals surface area contributed by atoms with Gasteiger partial charge in [-0.05, 0) is 67.7 Å². The molecule has 0 radical (unpaired) electrons. The van der Waals surface area contributed by atoms with Crippen molar-refractivity contribution in [2.24, 2.45) is 11.8 Å². The number of unbranched alkanes of at least 4 members (excludes halogenated alkanes) is 3. The van der Waals surface area contributed by atoms with Crippen LogP contribution in [0, 0.1) is 11.8 Å². The fourth-order valence-electron chi connectivity index (χ4n) is 4.03. The number of aliphatic carboxylic acids is 1. The van der Waals surface area contributed by atoms with Gasteiger partial charge in [-0.1, -0.05) is 42.5 Å². The third-order valence-electron chi connectivity index (χ3n) is 5.34. The van der Waals surface area contributed by atoms with E-state index in [0.717, 1.165) is 50.5 Å². The molecule has 2 N–H and O–H groups in total. The van der Waals surface area contributed by atoms with Crippen molar-refractivity contribution in [2.45, 2.75) is 69.3 Å². The lowest BCUT2D eigenvalue weighted by Gasteiger charge is -2.23. The Morgan fingerprint density at radius 2 is 1.65 bits per heavy atom. The lowest BCUT2D eigenvalue weighted by Crippen LogP contribution is -2.21. The average Bonchev–Trinajstić information content (AvgIpc) is 2.81. The Hall–Kier alpha value is -0.480. The van der Waals surface area contributed by atoms with Crippen molar-refractivity contribution in [2.75, 3.05) is 0 Å². The molecular formula is C20H27Cl3O3. The molecule has 0 saturated heterocycles. The first-order chi connectivity index (χ1) is 12.4. The molecule has 3 nitrogen and oxygen atoms in total. The van der Waals surface area contributed by atoms with Gasteiger partial charge in [0.25, 0.3) is 0 Å². The van der Waals surface area contributed by atoms with Gasteiger partial charge in [-0.3, -0.25) is 4.79 Å². The summed E-state index contributed by atoms with van der Waals surface area (Å²) in [5.41, 5.74) is 1.08. The number of aliphatic hydroxyl groups is 1. The van der Waals surface area contributed by atoms with Crippen LogP contribution in [0.1, 0.15) is 56.9 Å². The summed E-state index contributed by atoms with van der Waals surface area (Å²) in [6.45, 7) is 0. The Kier molecular flexibility index (Phi) is 9.02. The highest BCUT2D eigenvalue weighted by molar-refractivity contribution is 6.34. The summed E-state index contributed by atoms with van der Waals surface area (Å²) in [7, 11) is 0. The molecule has 0 spiro atoms. The molecular weight excluding hydrogens is 395 g/mol. The molecule has 0 amide bonds. The molecule has 1 aromatic rings. The van der Waals surface area contributed by atoms with E-state index in [-0.39, 0.29) is 23.8 Å². The molecule has 2 unspecified atom stereocenters. The molecule has 6 heteroatoms. The number of hydrogen-bond acceptors (Lipinski definition) is 2. The molecule has 0 aromatic heterocycles. The average molecular weight is 422 g/mol. The number of aryl methyl sites for hydroxylation is 1. The zero-order chi connectivity index (χ0) is 19.1. The maximum atomic E-state index is 10.5. The van der Waals surface area contributed by atoms with E-state index >= 15 is 0 Å². The SMILES string of the molecule is O=C(O)CCCCCC[C@H]1C(Cl)C[C@@H](O)C1CCc1cc(Cl)cc(Cl)c1. The number of rotatable bonds is 10. The van der Waals surface area contributed by atoms with Crippen molar-refractivity contribution in [1.29, 1.82) is 0 Å². The van der Waals surface area contributed by atoms with E-state index in [2.05, 4.69) is 0 Å². The fourth-order valence-corrected chi connectivity index (χ4v) is 5.10. The van der Waals surface area contributed by atoms with Gasteiger partial charge in [-0.25, -0.2) is 0 Å². The molecule has 1 aromatic carbocycles. The zero-order valence-electron chi connectivity index (χ0n) is 14.8. The molecule has 1 aliphatic rings. The van der Waals surface area contributed by atoms with Crippen LogP contribution in [-0.2, 0) is 11.2 Å². The largest absolute Gasteiger partial charge is 0.481 e. The van der Waals surface area contributed by atoms with Gasteiger partial charge in [0, 0.05) is 21.8 Å². The molecule has 0 bridgehead atoms.